The number of aromatic nitrogens is 2. The first kappa shape index (κ1) is 10.7. The minimum absolute atomic E-state index is 0.264. The van der Waals surface area contributed by atoms with E-state index in [0.29, 0.717) is 6.54 Å². The fourth-order valence-corrected chi connectivity index (χ4v) is 1.97. The van der Waals surface area contributed by atoms with Crippen molar-refractivity contribution in [3.05, 3.63) is 54.4 Å². The van der Waals surface area contributed by atoms with Crippen LogP contribution < -0.4 is 5.32 Å². The molecule has 0 aliphatic carbocycles. The fraction of sp³-hybridized carbons (Fsp3) is 0.0714. The summed E-state index contributed by atoms with van der Waals surface area (Å²) in [7, 11) is 0. The van der Waals surface area contributed by atoms with Gasteiger partial charge in [0.1, 0.15) is 11.4 Å². The van der Waals surface area contributed by atoms with Crippen molar-refractivity contribution in [2.45, 2.75) is 6.54 Å². The zero-order valence-corrected chi connectivity index (χ0v) is 9.72. The number of H-pyrrole nitrogens is 1. The van der Waals surface area contributed by atoms with Crippen molar-refractivity contribution in [2.24, 2.45) is 0 Å². The van der Waals surface area contributed by atoms with Crippen LogP contribution in [-0.4, -0.2) is 15.1 Å². The molecule has 0 saturated heterocycles. The number of aromatic amines is 1. The Morgan fingerprint density at radius 2 is 2.17 bits per heavy atom. The van der Waals surface area contributed by atoms with E-state index in [-0.39, 0.29) is 5.75 Å². The average Bonchev–Trinajstić information content (AvgIpc) is 2.80. The normalized spacial score (nSPS) is 10.7. The smallest absolute Gasteiger partial charge is 0.137 e. The highest BCUT2D eigenvalue weighted by Crippen LogP contribution is 2.19. The van der Waals surface area contributed by atoms with Gasteiger partial charge in [0.05, 0.1) is 0 Å². The minimum Gasteiger partial charge on any atom is -0.508 e. The lowest BCUT2D eigenvalue weighted by Crippen LogP contribution is -1.98. The van der Waals surface area contributed by atoms with Crippen LogP contribution in [0, 0.1) is 0 Å². The average molecular weight is 239 g/mol. The summed E-state index contributed by atoms with van der Waals surface area (Å²) in [6.45, 7) is 0.690. The molecule has 3 rings (SSSR count). The van der Waals surface area contributed by atoms with E-state index < -0.39 is 0 Å². The van der Waals surface area contributed by atoms with Crippen LogP contribution in [-0.2, 0) is 6.54 Å². The van der Waals surface area contributed by atoms with E-state index in [0.717, 1.165) is 22.3 Å². The van der Waals surface area contributed by atoms with E-state index in [1.807, 2.05) is 30.5 Å². The SMILES string of the molecule is Oc1cccc(NCc2c[nH]c3ncccc23)c1. The van der Waals surface area contributed by atoms with E-state index in [2.05, 4.69) is 15.3 Å². The van der Waals surface area contributed by atoms with Crippen molar-refractivity contribution in [2.75, 3.05) is 5.32 Å². The highest BCUT2D eigenvalue weighted by molar-refractivity contribution is 5.79. The fourth-order valence-electron chi connectivity index (χ4n) is 1.97. The molecule has 0 spiro atoms. The maximum Gasteiger partial charge on any atom is 0.137 e. The van der Waals surface area contributed by atoms with Gasteiger partial charge in [-0.1, -0.05) is 6.07 Å². The van der Waals surface area contributed by atoms with E-state index in [1.54, 1.807) is 18.3 Å². The molecule has 0 saturated carbocycles. The molecule has 3 N–H and O–H groups in total. The Bertz CT molecular complexity index is 675. The van der Waals surface area contributed by atoms with Gasteiger partial charge in [0, 0.05) is 36.1 Å². The Balaban J connectivity index is 1.81. The number of phenolic OH excluding ortho intramolecular Hbond substituents is 1. The predicted molar refractivity (Wildman–Crippen MR) is 71.5 cm³/mol. The van der Waals surface area contributed by atoms with Crippen LogP contribution in [0.5, 0.6) is 5.75 Å². The summed E-state index contributed by atoms with van der Waals surface area (Å²) in [6, 6.07) is 11.1. The first-order chi connectivity index (χ1) is 8.83. The molecule has 0 bridgehead atoms. The summed E-state index contributed by atoms with van der Waals surface area (Å²) in [5, 5.41) is 13.8. The van der Waals surface area contributed by atoms with Gasteiger partial charge in [0.15, 0.2) is 0 Å². The van der Waals surface area contributed by atoms with E-state index in [4.69, 9.17) is 0 Å². The molecule has 2 aromatic heterocycles. The number of nitrogens with zero attached hydrogens (tertiary/aromatic N) is 1. The predicted octanol–water partition coefficient (Wildman–Crippen LogP) is 2.88. The van der Waals surface area contributed by atoms with Gasteiger partial charge >= 0.3 is 0 Å². The zero-order chi connectivity index (χ0) is 12.4. The second-order valence-electron chi connectivity index (χ2n) is 4.12. The van der Waals surface area contributed by atoms with Crippen molar-refractivity contribution in [1.82, 2.24) is 9.97 Å². The molecular formula is C14H13N3O. The molecule has 18 heavy (non-hydrogen) atoms. The Morgan fingerprint density at radius 1 is 1.22 bits per heavy atom. The van der Waals surface area contributed by atoms with Crippen LogP contribution in [0.25, 0.3) is 11.0 Å². The van der Waals surface area contributed by atoms with Crippen LogP contribution in [0.1, 0.15) is 5.56 Å². The van der Waals surface area contributed by atoms with Crippen molar-refractivity contribution in [3.63, 3.8) is 0 Å². The van der Waals surface area contributed by atoms with Crippen molar-refractivity contribution in [3.8, 4) is 5.75 Å². The van der Waals surface area contributed by atoms with Crippen LogP contribution in [0.15, 0.2) is 48.8 Å². The number of aromatic hydroxyl groups is 1. The topological polar surface area (TPSA) is 60.9 Å². The number of benzene rings is 1. The van der Waals surface area contributed by atoms with Gasteiger partial charge in [-0.2, -0.15) is 0 Å². The number of hydrogen-bond acceptors (Lipinski definition) is 3. The Kier molecular flexibility index (Phi) is 2.61. The summed E-state index contributed by atoms with van der Waals surface area (Å²) >= 11 is 0. The van der Waals surface area contributed by atoms with E-state index in [9.17, 15) is 5.11 Å². The summed E-state index contributed by atoms with van der Waals surface area (Å²) in [6.07, 6.45) is 3.72. The van der Waals surface area contributed by atoms with Gasteiger partial charge < -0.3 is 15.4 Å². The van der Waals surface area contributed by atoms with Crippen LogP contribution in [0.2, 0.25) is 0 Å². The second kappa shape index (κ2) is 4.41. The van der Waals surface area contributed by atoms with Crippen molar-refractivity contribution < 1.29 is 5.11 Å². The van der Waals surface area contributed by atoms with Crippen LogP contribution in [0.3, 0.4) is 0 Å². The monoisotopic (exact) mass is 239 g/mol. The van der Waals surface area contributed by atoms with Gasteiger partial charge in [-0.05, 0) is 29.8 Å². The van der Waals surface area contributed by atoms with Crippen molar-refractivity contribution in [1.29, 1.82) is 0 Å². The summed E-state index contributed by atoms with van der Waals surface area (Å²) in [4.78, 5) is 7.38. The molecular weight excluding hydrogens is 226 g/mol. The van der Waals surface area contributed by atoms with Gasteiger partial charge in [0.2, 0.25) is 0 Å². The maximum atomic E-state index is 9.39. The number of phenols is 1. The standard InChI is InChI=1S/C14H13N3O/c18-12-4-1-3-11(7-12)16-8-10-9-17-14-13(10)5-2-6-15-14/h1-7,9,16,18H,8H2,(H,15,17). The third-order valence-electron chi connectivity index (χ3n) is 2.87. The minimum atomic E-state index is 0.264. The Morgan fingerprint density at radius 3 is 3.06 bits per heavy atom. The molecule has 0 aliphatic heterocycles. The molecule has 0 radical (unpaired) electrons. The molecule has 1 aromatic carbocycles. The maximum absolute atomic E-state index is 9.39. The van der Waals surface area contributed by atoms with Gasteiger partial charge in [0.25, 0.3) is 0 Å². The highest BCUT2D eigenvalue weighted by Gasteiger charge is 2.03. The van der Waals surface area contributed by atoms with E-state index in [1.165, 1.54) is 0 Å². The molecule has 0 fully saturated rings. The molecule has 4 nitrogen and oxygen atoms in total. The number of pyridine rings is 1. The van der Waals surface area contributed by atoms with Gasteiger partial charge in [-0.3, -0.25) is 0 Å². The molecule has 0 unspecified atom stereocenters. The Hall–Kier alpha value is -2.49. The molecule has 2 heterocycles. The lowest BCUT2D eigenvalue weighted by molar-refractivity contribution is 0.475. The van der Waals surface area contributed by atoms with Crippen molar-refractivity contribution >= 4 is 16.7 Å². The summed E-state index contributed by atoms with van der Waals surface area (Å²) in [5.41, 5.74) is 2.94. The van der Waals surface area contributed by atoms with Crippen LogP contribution in [0.4, 0.5) is 5.69 Å². The number of nitrogens with one attached hydrogen (secondary N) is 2. The number of fused-ring (bicyclic) bond motifs is 1. The molecule has 0 atom stereocenters. The first-order valence-electron chi connectivity index (χ1n) is 5.77. The van der Waals surface area contributed by atoms with Gasteiger partial charge in [-0.25, -0.2) is 4.98 Å². The lowest BCUT2D eigenvalue weighted by Gasteiger charge is -2.05. The molecule has 4 heteroatoms. The lowest BCUT2D eigenvalue weighted by atomic mass is 10.2. The first-order valence-corrected chi connectivity index (χ1v) is 5.77. The summed E-state index contributed by atoms with van der Waals surface area (Å²) in [5.74, 6) is 0.264. The molecule has 0 aliphatic rings. The number of hydrogen-bond donors (Lipinski definition) is 3. The molecule has 0 amide bonds. The largest absolute Gasteiger partial charge is 0.508 e. The second-order valence-corrected chi connectivity index (χ2v) is 4.12. The summed E-state index contributed by atoms with van der Waals surface area (Å²) < 4.78 is 0. The highest BCUT2D eigenvalue weighted by atomic mass is 16.3. The van der Waals surface area contributed by atoms with Gasteiger partial charge in [-0.15, -0.1) is 0 Å². The Labute approximate surface area is 104 Å². The quantitative estimate of drug-likeness (QED) is 0.658. The third-order valence-corrected chi connectivity index (χ3v) is 2.87. The van der Waals surface area contributed by atoms with E-state index >= 15 is 0 Å². The molecule has 3 aromatic rings. The van der Waals surface area contributed by atoms with Crippen LogP contribution >= 0.6 is 0 Å². The number of anilines is 1. The number of rotatable bonds is 3. The zero-order valence-electron chi connectivity index (χ0n) is 9.72. The third kappa shape index (κ3) is 2.00. The molecule has 90 valence electrons.